The Morgan fingerprint density at radius 1 is 0.647 bits per heavy atom. The van der Waals surface area contributed by atoms with E-state index in [0.29, 0.717) is 11.1 Å². The first-order chi connectivity index (χ1) is 15.8. The van der Waals surface area contributed by atoms with E-state index in [4.69, 9.17) is 18.9 Å². The Hall–Kier alpha value is -2.80. The molecule has 34 heavy (non-hydrogen) atoms. The smallest absolute Gasteiger partial charge is 0.393 e. The molecule has 0 aliphatic rings. The van der Waals surface area contributed by atoms with Gasteiger partial charge in [-0.15, -0.1) is 0 Å². The summed E-state index contributed by atoms with van der Waals surface area (Å²) in [5.41, 5.74) is 1.73. The molecule has 0 heterocycles. The average molecular weight is 491 g/mol. The first kappa shape index (κ1) is 31.2. The van der Waals surface area contributed by atoms with E-state index >= 15 is 0 Å². The molecule has 0 fully saturated rings. The first-order valence-corrected chi connectivity index (χ1v) is 10.7. The van der Waals surface area contributed by atoms with Gasteiger partial charge in [-0.05, 0) is 38.8 Å². The lowest BCUT2D eigenvalue weighted by Crippen LogP contribution is -2.79. The summed E-state index contributed by atoms with van der Waals surface area (Å²) in [5, 5.41) is 24.6. The standard InChI is InChI=1S/C22H36N2O10/c1-11(2)17(23-7)21(29)33-15(9-31-13(5)25)19(27)20(28)16(10-32-14(6)26)34-22(30)18(24-8)12(3)4/h15-16,19-20,23-24,27-28H,9-10H2,1-8H3/p+2. The number of aliphatic hydroxyl groups excluding tert-OH is 2. The van der Waals surface area contributed by atoms with Gasteiger partial charge in [0.05, 0.1) is 14.1 Å². The number of ether oxygens (including phenoxy) is 4. The summed E-state index contributed by atoms with van der Waals surface area (Å²) in [6, 6.07) is 0. The second-order valence-corrected chi connectivity index (χ2v) is 7.88. The molecule has 0 spiro atoms. The lowest BCUT2D eigenvalue weighted by molar-refractivity contribution is -0.572. The van der Waals surface area contributed by atoms with Gasteiger partial charge >= 0.3 is 23.9 Å². The third-order valence-electron chi connectivity index (χ3n) is 4.62. The summed E-state index contributed by atoms with van der Waals surface area (Å²) < 4.78 is 20.4. The van der Waals surface area contributed by atoms with Crippen LogP contribution in [0.25, 0.3) is 0 Å². The van der Waals surface area contributed by atoms with E-state index in [1.807, 2.05) is 0 Å². The molecular formula is C22H38N2O10+2. The fraction of sp³-hybridized carbons (Fsp3) is 0.636. The summed E-state index contributed by atoms with van der Waals surface area (Å²) in [6.45, 7) is 7.83. The van der Waals surface area contributed by atoms with Crippen molar-refractivity contribution in [2.75, 3.05) is 27.3 Å². The monoisotopic (exact) mass is 490 g/mol. The van der Waals surface area contributed by atoms with E-state index in [1.54, 1.807) is 41.8 Å². The van der Waals surface area contributed by atoms with Gasteiger partial charge in [0.1, 0.15) is 25.4 Å². The Bertz CT molecular complexity index is 732. The highest BCUT2D eigenvalue weighted by molar-refractivity contribution is 5.86. The molecule has 0 rings (SSSR count). The number of allylic oxidation sites excluding steroid dienone is 2. The molecule has 6 N–H and O–H groups in total. The number of aliphatic hydroxyl groups is 2. The quantitative estimate of drug-likeness (QED) is 0.124. The molecule has 12 heteroatoms. The molecule has 194 valence electrons. The van der Waals surface area contributed by atoms with E-state index in [9.17, 15) is 29.4 Å². The van der Waals surface area contributed by atoms with Crippen LogP contribution < -0.4 is 10.6 Å². The summed E-state index contributed by atoms with van der Waals surface area (Å²) >= 11 is 0. The Morgan fingerprint density at radius 3 is 1.15 bits per heavy atom. The number of esters is 4. The highest BCUT2D eigenvalue weighted by Crippen LogP contribution is 2.15. The number of hydrogen-bond acceptors (Lipinski definition) is 10. The number of rotatable bonds is 13. The van der Waals surface area contributed by atoms with Crippen LogP contribution >= 0.6 is 0 Å². The number of likely N-dealkylation sites (N-methyl/N-ethyl adjacent to an activating group) is 2. The van der Waals surface area contributed by atoms with Gasteiger partial charge in [0.2, 0.25) is 11.4 Å². The third kappa shape index (κ3) is 10.4. The van der Waals surface area contributed by atoms with Crippen molar-refractivity contribution in [3.8, 4) is 0 Å². The maximum atomic E-state index is 12.6. The van der Waals surface area contributed by atoms with E-state index in [-0.39, 0.29) is 11.4 Å². The highest BCUT2D eigenvalue weighted by atomic mass is 16.6. The zero-order chi connectivity index (χ0) is 26.6. The molecule has 0 aromatic carbocycles. The molecule has 0 aliphatic carbocycles. The van der Waals surface area contributed by atoms with Gasteiger partial charge in [0.25, 0.3) is 0 Å². The molecule has 0 bridgehead atoms. The van der Waals surface area contributed by atoms with Crippen molar-refractivity contribution in [3.05, 3.63) is 22.5 Å². The highest BCUT2D eigenvalue weighted by Gasteiger charge is 2.39. The van der Waals surface area contributed by atoms with Crippen molar-refractivity contribution in [3.63, 3.8) is 0 Å². The lowest BCUT2D eigenvalue weighted by atomic mass is 10.0. The fourth-order valence-corrected chi connectivity index (χ4v) is 2.87. The van der Waals surface area contributed by atoms with Gasteiger partial charge in [-0.25, -0.2) is 9.59 Å². The van der Waals surface area contributed by atoms with Gasteiger partial charge in [-0.3, -0.25) is 9.59 Å². The average Bonchev–Trinajstić information content (AvgIpc) is 2.73. The van der Waals surface area contributed by atoms with E-state index in [0.717, 1.165) is 13.8 Å². The lowest BCUT2D eigenvalue weighted by Gasteiger charge is -2.30. The first-order valence-electron chi connectivity index (χ1n) is 10.7. The normalized spacial score (nSPS) is 14.1. The molecule has 12 nitrogen and oxygen atoms in total. The van der Waals surface area contributed by atoms with Crippen LogP contribution in [0.3, 0.4) is 0 Å². The Balaban J connectivity index is 5.93. The Kier molecular flexibility index (Phi) is 13.9. The van der Waals surface area contributed by atoms with Gasteiger partial charge in [0.15, 0.2) is 12.2 Å². The second-order valence-electron chi connectivity index (χ2n) is 7.88. The van der Waals surface area contributed by atoms with Crippen LogP contribution in [0.1, 0.15) is 41.5 Å². The van der Waals surface area contributed by atoms with Crippen molar-refractivity contribution < 1.29 is 59.0 Å². The topological polar surface area (TPSA) is 179 Å². The number of nitrogens with two attached hydrogens (primary N) is 2. The maximum Gasteiger partial charge on any atom is 0.393 e. The van der Waals surface area contributed by atoms with Gasteiger partial charge in [-0.1, -0.05) is 0 Å². The summed E-state index contributed by atoms with van der Waals surface area (Å²) in [6.07, 6.45) is -6.76. The van der Waals surface area contributed by atoms with E-state index in [2.05, 4.69) is 0 Å². The van der Waals surface area contributed by atoms with Gasteiger partial charge in [-0.2, -0.15) is 0 Å². The number of carbonyl (C=O) groups is 4. The molecule has 0 amide bonds. The summed E-state index contributed by atoms with van der Waals surface area (Å²) in [7, 11) is 3.24. The van der Waals surface area contributed by atoms with Gasteiger partial charge in [0, 0.05) is 13.8 Å². The van der Waals surface area contributed by atoms with Crippen molar-refractivity contribution in [1.82, 2.24) is 0 Å². The van der Waals surface area contributed by atoms with Crippen LogP contribution in [0, 0.1) is 0 Å². The zero-order valence-electron chi connectivity index (χ0n) is 21.0. The van der Waals surface area contributed by atoms with E-state index < -0.39 is 61.5 Å². The molecule has 0 aromatic rings. The van der Waals surface area contributed by atoms with Gasteiger partial charge < -0.3 is 39.8 Å². The third-order valence-corrected chi connectivity index (χ3v) is 4.62. The van der Waals surface area contributed by atoms with Crippen molar-refractivity contribution in [2.45, 2.75) is 66.0 Å². The second kappa shape index (κ2) is 15.2. The van der Waals surface area contributed by atoms with Crippen LogP contribution in [0.4, 0.5) is 0 Å². The predicted octanol–water partition coefficient (Wildman–Crippen LogP) is -2.37. The summed E-state index contributed by atoms with van der Waals surface area (Å²) in [5.74, 6) is -3.04. The minimum Gasteiger partial charge on any atom is -0.462 e. The molecule has 4 unspecified atom stereocenters. The largest absolute Gasteiger partial charge is 0.462 e. The predicted molar refractivity (Wildman–Crippen MR) is 117 cm³/mol. The Labute approximate surface area is 199 Å². The summed E-state index contributed by atoms with van der Waals surface area (Å²) in [4.78, 5) is 47.7. The van der Waals surface area contributed by atoms with Crippen molar-refractivity contribution in [1.29, 1.82) is 0 Å². The van der Waals surface area contributed by atoms with Crippen LogP contribution in [0.5, 0.6) is 0 Å². The van der Waals surface area contributed by atoms with Crippen LogP contribution in [0.2, 0.25) is 0 Å². The van der Waals surface area contributed by atoms with Crippen LogP contribution in [-0.4, -0.2) is 85.8 Å². The fourth-order valence-electron chi connectivity index (χ4n) is 2.87. The molecule has 0 radical (unpaired) electrons. The molecule has 0 saturated carbocycles. The number of hydrogen-bond donors (Lipinski definition) is 4. The minimum absolute atomic E-state index is 0.226. The molecule has 4 atom stereocenters. The number of carbonyl (C=O) groups excluding carboxylic acids is 4. The van der Waals surface area contributed by atoms with Crippen molar-refractivity contribution in [2.24, 2.45) is 0 Å². The van der Waals surface area contributed by atoms with E-state index in [1.165, 1.54) is 10.6 Å². The molecular weight excluding hydrogens is 452 g/mol. The van der Waals surface area contributed by atoms with Crippen molar-refractivity contribution >= 4 is 23.9 Å². The molecule has 0 aliphatic heterocycles. The molecule has 0 aromatic heterocycles. The zero-order valence-corrected chi connectivity index (χ0v) is 21.0. The van der Waals surface area contributed by atoms with Crippen LogP contribution in [-0.2, 0) is 38.1 Å². The minimum atomic E-state index is -1.87. The maximum absolute atomic E-state index is 12.6. The number of quaternary nitrogens is 2. The SMILES string of the molecule is C[NH2+]C(C(=O)OC(COC(C)=O)C(O)C(O)C(COC(C)=O)OC(=O)C([NH2+]C)=C(C)C)=C(C)C. The van der Waals surface area contributed by atoms with Crippen LogP contribution in [0.15, 0.2) is 22.5 Å². The molecule has 0 saturated heterocycles. The Morgan fingerprint density at radius 2 is 0.941 bits per heavy atom.